The Morgan fingerprint density at radius 1 is 0.315 bits per heavy atom. The fourth-order valence-corrected chi connectivity index (χ4v) is 11.2. The molecule has 92 heavy (non-hydrogen) atoms. The molecule has 0 aromatic rings. The van der Waals surface area contributed by atoms with Crippen molar-refractivity contribution in [2.24, 2.45) is 0 Å². The predicted molar refractivity (Wildman–Crippen MR) is 372 cm³/mol. The molecule has 0 bridgehead atoms. The second kappa shape index (κ2) is 66.1. The number of hydrogen-bond acceptors (Lipinski definition) is 15. The summed E-state index contributed by atoms with van der Waals surface area (Å²) in [5.74, 6) is -2.22. The minimum atomic E-state index is -4.97. The molecule has 0 amide bonds. The number of allylic oxidation sites excluding steroid dienone is 12. The smallest absolute Gasteiger partial charge is 0.462 e. The van der Waals surface area contributed by atoms with E-state index < -0.39 is 97.5 Å². The fraction of sp³-hybridized carbons (Fsp3) is 0.781. The Morgan fingerprint density at radius 2 is 0.576 bits per heavy atom. The SMILES string of the molecule is CC/C=C\C/C=C\C/C=C\C/C=C\CCCCC(=O)OCC(COP(=O)(O)OCC(O)COP(=O)(O)OCC(COC(=O)CCCCCCC/C=C\CCCCCC)OC(=O)CCCCCCC/C=C\CCCC)OC(=O)CCCCCCCCCCCCCCC. The van der Waals surface area contributed by atoms with E-state index in [-0.39, 0.29) is 25.7 Å². The van der Waals surface area contributed by atoms with Gasteiger partial charge in [-0.25, -0.2) is 9.13 Å². The number of phosphoric ester groups is 2. The maximum absolute atomic E-state index is 13.0. The maximum atomic E-state index is 13.0. The summed E-state index contributed by atoms with van der Waals surface area (Å²) in [6, 6.07) is 0. The number of unbranched alkanes of at least 4 members (excludes halogenated alkanes) is 30. The predicted octanol–water partition coefficient (Wildman–Crippen LogP) is 20.1. The van der Waals surface area contributed by atoms with Crippen molar-refractivity contribution in [3.63, 3.8) is 0 Å². The van der Waals surface area contributed by atoms with Gasteiger partial charge in [0.2, 0.25) is 0 Å². The van der Waals surface area contributed by atoms with E-state index in [1.807, 2.05) is 0 Å². The van der Waals surface area contributed by atoms with Gasteiger partial charge in [0, 0.05) is 25.7 Å². The van der Waals surface area contributed by atoms with Crippen LogP contribution in [0, 0.1) is 0 Å². The molecule has 0 aliphatic carbocycles. The van der Waals surface area contributed by atoms with Gasteiger partial charge in [0.25, 0.3) is 0 Å². The highest BCUT2D eigenvalue weighted by Crippen LogP contribution is 2.45. The summed E-state index contributed by atoms with van der Waals surface area (Å²) >= 11 is 0. The summed E-state index contributed by atoms with van der Waals surface area (Å²) < 4.78 is 68.2. The lowest BCUT2D eigenvalue weighted by Crippen LogP contribution is -2.30. The van der Waals surface area contributed by atoms with Crippen LogP contribution in [0.1, 0.15) is 310 Å². The van der Waals surface area contributed by atoms with Crippen LogP contribution in [0.3, 0.4) is 0 Å². The first kappa shape index (κ1) is 88.5. The van der Waals surface area contributed by atoms with Crippen molar-refractivity contribution in [1.29, 1.82) is 0 Å². The van der Waals surface area contributed by atoms with Gasteiger partial charge < -0.3 is 33.8 Å². The summed E-state index contributed by atoms with van der Waals surface area (Å²) in [7, 11) is -9.94. The summed E-state index contributed by atoms with van der Waals surface area (Å²) in [6.07, 6.45) is 63.4. The van der Waals surface area contributed by atoms with E-state index in [2.05, 4.69) is 101 Å². The van der Waals surface area contributed by atoms with E-state index in [1.165, 1.54) is 89.9 Å². The van der Waals surface area contributed by atoms with Crippen molar-refractivity contribution in [3.05, 3.63) is 72.9 Å². The first-order valence-corrected chi connectivity index (χ1v) is 39.2. The van der Waals surface area contributed by atoms with Crippen LogP contribution in [-0.4, -0.2) is 96.7 Å². The number of ether oxygens (including phenoxy) is 4. The average Bonchev–Trinajstić information content (AvgIpc) is 2.73. The van der Waals surface area contributed by atoms with Crippen LogP contribution < -0.4 is 0 Å². The number of hydrogen-bond donors (Lipinski definition) is 3. The maximum Gasteiger partial charge on any atom is 0.472 e. The first-order valence-electron chi connectivity index (χ1n) is 36.2. The summed E-state index contributed by atoms with van der Waals surface area (Å²) in [5, 5.41) is 10.6. The lowest BCUT2D eigenvalue weighted by molar-refractivity contribution is -0.161. The van der Waals surface area contributed by atoms with E-state index >= 15 is 0 Å². The topological polar surface area (TPSA) is 237 Å². The molecular weight excluding hydrogens is 1210 g/mol. The minimum absolute atomic E-state index is 0.0848. The van der Waals surface area contributed by atoms with Crippen LogP contribution >= 0.6 is 15.6 Å². The number of carbonyl (C=O) groups is 4. The molecule has 0 aromatic carbocycles. The van der Waals surface area contributed by atoms with E-state index in [4.69, 9.17) is 37.0 Å². The molecule has 0 aliphatic heterocycles. The largest absolute Gasteiger partial charge is 0.472 e. The second-order valence-electron chi connectivity index (χ2n) is 24.2. The van der Waals surface area contributed by atoms with Gasteiger partial charge in [0.05, 0.1) is 26.4 Å². The minimum Gasteiger partial charge on any atom is -0.462 e. The number of rotatable bonds is 68. The number of esters is 4. The average molecular weight is 1340 g/mol. The monoisotopic (exact) mass is 1340 g/mol. The van der Waals surface area contributed by atoms with Gasteiger partial charge in [-0.1, -0.05) is 248 Å². The Morgan fingerprint density at radius 3 is 0.946 bits per heavy atom. The molecule has 534 valence electrons. The lowest BCUT2D eigenvalue weighted by atomic mass is 10.0. The zero-order valence-corrected chi connectivity index (χ0v) is 59.8. The third kappa shape index (κ3) is 65.2. The van der Waals surface area contributed by atoms with Crippen LogP contribution in [0.2, 0.25) is 0 Å². The van der Waals surface area contributed by atoms with E-state index in [0.717, 1.165) is 141 Å². The quantitative estimate of drug-likeness (QED) is 0.0169. The number of carbonyl (C=O) groups excluding carboxylic acids is 4. The Hall–Kier alpha value is -3.50. The number of aliphatic hydroxyl groups is 1. The molecule has 3 N–H and O–H groups in total. The third-order valence-corrected chi connectivity index (χ3v) is 17.1. The molecule has 0 aromatic heterocycles. The third-order valence-electron chi connectivity index (χ3n) is 15.2. The Labute approximate surface area is 558 Å². The van der Waals surface area contributed by atoms with Crippen molar-refractivity contribution < 1.29 is 80.2 Å². The molecule has 0 aliphatic rings. The van der Waals surface area contributed by atoms with Crippen molar-refractivity contribution in [1.82, 2.24) is 0 Å². The van der Waals surface area contributed by atoms with Gasteiger partial charge in [-0.05, 0) is 109 Å². The zero-order chi connectivity index (χ0) is 67.5. The zero-order valence-electron chi connectivity index (χ0n) is 58.0. The highest BCUT2D eigenvalue weighted by molar-refractivity contribution is 7.47. The fourth-order valence-electron chi connectivity index (χ4n) is 9.60. The van der Waals surface area contributed by atoms with Crippen molar-refractivity contribution in [2.45, 2.75) is 329 Å². The number of phosphoric acid groups is 2. The van der Waals surface area contributed by atoms with E-state index in [9.17, 15) is 43.2 Å². The molecular formula is C73H130O17P2. The first-order chi connectivity index (χ1) is 44.7. The Bertz CT molecular complexity index is 2040. The highest BCUT2D eigenvalue weighted by Gasteiger charge is 2.30. The van der Waals surface area contributed by atoms with Crippen LogP contribution in [-0.2, 0) is 65.4 Å². The molecule has 0 rings (SSSR count). The van der Waals surface area contributed by atoms with Gasteiger partial charge in [0.1, 0.15) is 19.3 Å². The Balaban J connectivity index is 5.34. The normalized spacial score (nSPS) is 14.5. The molecule has 0 heterocycles. The molecule has 0 spiro atoms. The van der Waals surface area contributed by atoms with E-state index in [1.54, 1.807) is 0 Å². The van der Waals surface area contributed by atoms with Gasteiger partial charge in [-0.3, -0.25) is 37.3 Å². The van der Waals surface area contributed by atoms with Crippen LogP contribution in [0.5, 0.6) is 0 Å². The molecule has 5 atom stereocenters. The molecule has 5 unspecified atom stereocenters. The van der Waals surface area contributed by atoms with Crippen molar-refractivity contribution >= 4 is 39.5 Å². The summed E-state index contributed by atoms with van der Waals surface area (Å²) in [4.78, 5) is 72.6. The number of aliphatic hydroxyl groups excluding tert-OH is 1. The van der Waals surface area contributed by atoms with Crippen molar-refractivity contribution in [2.75, 3.05) is 39.6 Å². The standard InChI is InChI=1S/C73H130O17P2/c1-5-9-13-17-21-25-29-32-33-36-39-42-46-50-54-58-71(76)84-64-69(90-73(78)60-56-52-48-44-40-35-31-27-23-19-15-11-7-3)66-88-92(81,82)86-62-67(74)61-85-91(79,80)87-65-68(89-72(77)59-55-51-47-43-37-28-24-20-16-12-8-4)63-83-70(75)57-53-49-45-41-38-34-30-26-22-18-14-10-6-2/h9,13,20-21,24-26,30,32-33,39,42,67-69,74H,5-8,10-12,14-19,22-23,27-29,31,34-38,40-41,43-66H2,1-4H3,(H,79,80)(H,81,82)/b13-9-,24-20-,25-21-,30-26-,33-32-,42-39-. The van der Waals surface area contributed by atoms with Crippen molar-refractivity contribution in [3.8, 4) is 0 Å². The van der Waals surface area contributed by atoms with Crippen LogP contribution in [0.25, 0.3) is 0 Å². The Kier molecular flexibility index (Phi) is 63.6. The molecule has 0 fully saturated rings. The summed E-state index contributed by atoms with van der Waals surface area (Å²) in [5.41, 5.74) is 0. The molecule has 17 nitrogen and oxygen atoms in total. The van der Waals surface area contributed by atoms with Crippen LogP contribution in [0.15, 0.2) is 72.9 Å². The van der Waals surface area contributed by atoms with Crippen LogP contribution in [0.4, 0.5) is 0 Å². The lowest BCUT2D eigenvalue weighted by Gasteiger charge is -2.21. The molecule has 0 radical (unpaired) electrons. The van der Waals surface area contributed by atoms with Gasteiger partial charge >= 0.3 is 39.5 Å². The second-order valence-corrected chi connectivity index (χ2v) is 27.1. The molecule has 0 saturated heterocycles. The highest BCUT2D eigenvalue weighted by atomic mass is 31.2. The van der Waals surface area contributed by atoms with E-state index in [0.29, 0.717) is 25.7 Å². The van der Waals surface area contributed by atoms with Gasteiger partial charge in [0.15, 0.2) is 12.2 Å². The molecule has 0 saturated carbocycles. The summed E-state index contributed by atoms with van der Waals surface area (Å²) in [6.45, 7) is 4.65. The van der Waals surface area contributed by atoms with Gasteiger partial charge in [-0.2, -0.15) is 0 Å². The van der Waals surface area contributed by atoms with Gasteiger partial charge in [-0.15, -0.1) is 0 Å². The molecule has 19 heteroatoms.